The highest BCUT2D eigenvalue weighted by atomic mass is 19.4. The lowest BCUT2D eigenvalue weighted by atomic mass is 10.0. The van der Waals surface area contributed by atoms with Crippen molar-refractivity contribution in [3.05, 3.63) is 12.7 Å². The van der Waals surface area contributed by atoms with Crippen LogP contribution >= 0.6 is 0 Å². The van der Waals surface area contributed by atoms with E-state index in [1.54, 1.807) is 0 Å². The molecule has 1 fully saturated rings. The first kappa shape index (κ1) is 12.0. The summed E-state index contributed by atoms with van der Waals surface area (Å²) < 4.78 is 45.0. The monoisotopic (exact) mass is 224 g/mol. The van der Waals surface area contributed by atoms with Gasteiger partial charge in [0.05, 0.1) is 12.7 Å². The first-order chi connectivity index (χ1) is 6.93. The van der Waals surface area contributed by atoms with Crippen LogP contribution in [0, 0.1) is 0 Å². The molecule has 0 spiro atoms. The molecule has 86 valence electrons. The molecule has 0 aromatic rings. The highest BCUT2D eigenvalue weighted by Gasteiger charge is 2.49. The molecule has 0 amide bonds. The standard InChI is InChI=1S/C9H11F3O3/c1-2-8(13)14-4-3-6-5-7(15-6)9(10,11)12/h2,6-7H,1,3-5H2. The quantitative estimate of drug-likeness (QED) is 0.539. The third kappa shape index (κ3) is 3.54. The van der Waals surface area contributed by atoms with Crippen LogP contribution < -0.4 is 0 Å². The topological polar surface area (TPSA) is 35.5 Å². The maximum atomic E-state index is 12.0. The van der Waals surface area contributed by atoms with Crippen LogP contribution in [0.2, 0.25) is 0 Å². The van der Waals surface area contributed by atoms with Crippen LogP contribution in [0.25, 0.3) is 0 Å². The first-order valence-corrected chi connectivity index (χ1v) is 4.45. The molecule has 0 aromatic carbocycles. The van der Waals surface area contributed by atoms with Crippen molar-refractivity contribution in [2.75, 3.05) is 6.61 Å². The molecule has 2 atom stereocenters. The second kappa shape index (κ2) is 4.65. The molecule has 1 aliphatic rings. The lowest BCUT2D eigenvalue weighted by molar-refractivity contribution is -0.287. The van der Waals surface area contributed by atoms with Gasteiger partial charge in [-0.2, -0.15) is 13.2 Å². The zero-order valence-electron chi connectivity index (χ0n) is 7.92. The van der Waals surface area contributed by atoms with E-state index in [4.69, 9.17) is 0 Å². The average molecular weight is 224 g/mol. The molecule has 2 unspecified atom stereocenters. The molecular formula is C9H11F3O3. The number of ether oxygens (including phenoxy) is 2. The summed E-state index contributed by atoms with van der Waals surface area (Å²) in [6.07, 6.45) is -5.18. The van der Waals surface area contributed by atoms with Gasteiger partial charge in [0.25, 0.3) is 0 Å². The average Bonchev–Trinajstić information content (AvgIpc) is 2.06. The number of alkyl halides is 3. The molecule has 3 nitrogen and oxygen atoms in total. The molecule has 1 rings (SSSR count). The highest BCUT2D eigenvalue weighted by Crippen LogP contribution is 2.35. The number of hydrogen-bond donors (Lipinski definition) is 0. The van der Waals surface area contributed by atoms with Crippen LogP contribution in [-0.2, 0) is 14.3 Å². The van der Waals surface area contributed by atoms with Crippen molar-refractivity contribution in [3.8, 4) is 0 Å². The van der Waals surface area contributed by atoms with Crippen molar-refractivity contribution in [1.29, 1.82) is 0 Å². The number of carbonyl (C=O) groups excluding carboxylic acids is 1. The second-order valence-corrected chi connectivity index (χ2v) is 3.18. The Balaban J connectivity index is 2.08. The van der Waals surface area contributed by atoms with Crippen LogP contribution in [0.5, 0.6) is 0 Å². The van der Waals surface area contributed by atoms with E-state index in [-0.39, 0.29) is 19.4 Å². The largest absolute Gasteiger partial charge is 0.462 e. The van der Waals surface area contributed by atoms with Gasteiger partial charge in [0.15, 0.2) is 6.10 Å². The molecule has 0 bridgehead atoms. The Morgan fingerprint density at radius 1 is 1.60 bits per heavy atom. The van der Waals surface area contributed by atoms with Gasteiger partial charge in [0.1, 0.15) is 0 Å². The lowest BCUT2D eigenvalue weighted by Gasteiger charge is -2.36. The molecule has 0 aromatic heterocycles. The van der Waals surface area contributed by atoms with Crippen LogP contribution in [0.3, 0.4) is 0 Å². The van der Waals surface area contributed by atoms with E-state index in [1.165, 1.54) is 0 Å². The summed E-state index contributed by atoms with van der Waals surface area (Å²) >= 11 is 0. The molecule has 0 radical (unpaired) electrons. The summed E-state index contributed by atoms with van der Waals surface area (Å²) in [6.45, 7) is 3.24. The van der Waals surface area contributed by atoms with Gasteiger partial charge < -0.3 is 9.47 Å². The van der Waals surface area contributed by atoms with Crippen LogP contribution in [0.15, 0.2) is 12.7 Å². The van der Waals surface area contributed by atoms with Crippen LogP contribution in [0.1, 0.15) is 12.8 Å². The maximum Gasteiger partial charge on any atom is 0.414 e. The summed E-state index contributed by atoms with van der Waals surface area (Å²) in [5, 5.41) is 0. The van der Waals surface area contributed by atoms with Gasteiger partial charge in [-0.3, -0.25) is 0 Å². The zero-order valence-corrected chi connectivity index (χ0v) is 7.92. The zero-order chi connectivity index (χ0) is 11.5. The van der Waals surface area contributed by atoms with E-state index >= 15 is 0 Å². The Labute approximate surface area is 84.8 Å². The Bertz CT molecular complexity index is 243. The highest BCUT2D eigenvalue weighted by molar-refractivity contribution is 5.81. The number of hydrogen-bond acceptors (Lipinski definition) is 3. The fraction of sp³-hybridized carbons (Fsp3) is 0.667. The van der Waals surface area contributed by atoms with E-state index in [2.05, 4.69) is 16.1 Å². The lowest BCUT2D eigenvalue weighted by Crippen LogP contribution is -2.47. The van der Waals surface area contributed by atoms with Gasteiger partial charge >= 0.3 is 12.1 Å². The van der Waals surface area contributed by atoms with Gasteiger partial charge in [-0.15, -0.1) is 0 Å². The van der Waals surface area contributed by atoms with Gasteiger partial charge in [0, 0.05) is 18.9 Å². The fourth-order valence-electron chi connectivity index (χ4n) is 1.21. The minimum atomic E-state index is -4.28. The Morgan fingerprint density at radius 3 is 2.67 bits per heavy atom. The van der Waals surface area contributed by atoms with Crippen molar-refractivity contribution in [2.24, 2.45) is 0 Å². The molecule has 6 heteroatoms. The molecule has 0 aliphatic carbocycles. The molecule has 1 heterocycles. The number of carbonyl (C=O) groups is 1. The van der Waals surface area contributed by atoms with Crippen molar-refractivity contribution in [3.63, 3.8) is 0 Å². The summed E-state index contributed by atoms with van der Waals surface area (Å²) in [4.78, 5) is 10.6. The SMILES string of the molecule is C=CC(=O)OCCC1CC(C(F)(F)F)O1. The Kier molecular flexibility index (Phi) is 3.73. The first-order valence-electron chi connectivity index (χ1n) is 4.45. The predicted molar refractivity (Wildman–Crippen MR) is 45.1 cm³/mol. The van der Waals surface area contributed by atoms with Crippen molar-refractivity contribution in [2.45, 2.75) is 31.2 Å². The normalized spacial score (nSPS) is 25.5. The summed E-state index contributed by atoms with van der Waals surface area (Å²) in [7, 11) is 0. The van der Waals surface area contributed by atoms with Crippen LogP contribution in [0.4, 0.5) is 13.2 Å². The minimum absolute atomic E-state index is 0.0557. The van der Waals surface area contributed by atoms with Gasteiger partial charge in [-0.05, 0) is 0 Å². The van der Waals surface area contributed by atoms with E-state index < -0.39 is 24.4 Å². The molecule has 1 saturated heterocycles. The van der Waals surface area contributed by atoms with Crippen molar-refractivity contribution >= 4 is 5.97 Å². The molecule has 15 heavy (non-hydrogen) atoms. The summed E-state index contributed by atoms with van der Waals surface area (Å²) in [6, 6.07) is 0. The predicted octanol–water partition coefficient (Wildman–Crippen LogP) is 1.83. The van der Waals surface area contributed by atoms with Gasteiger partial charge in [-0.25, -0.2) is 4.79 Å². The third-order valence-electron chi connectivity index (χ3n) is 2.05. The van der Waals surface area contributed by atoms with E-state index in [0.717, 1.165) is 6.08 Å². The van der Waals surface area contributed by atoms with E-state index in [1.807, 2.05) is 0 Å². The molecule has 1 aliphatic heterocycles. The Hall–Kier alpha value is -1.04. The maximum absolute atomic E-state index is 12.0. The third-order valence-corrected chi connectivity index (χ3v) is 2.05. The number of esters is 1. The number of halogens is 3. The molecule has 0 saturated carbocycles. The van der Waals surface area contributed by atoms with E-state index in [9.17, 15) is 18.0 Å². The fourth-order valence-corrected chi connectivity index (χ4v) is 1.21. The molecule has 0 N–H and O–H groups in total. The molecular weight excluding hydrogens is 213 g/mol. The second-order valence-electron chi connectivity index (χ2n) is 3.18. The Morgan fingerprint density at radius 2 is 2.20 bits per heavy atom. The van der Waals surface area contributed by atoms with Crippen molar-refractivity contribution < 1.29 is 27.4 Å². The smallest absolute Gasteiger partial charge is 0.414 e. The minimum Gasteiger partial charge on any atom is -0.462 e. The summed E-state index contributed by atoms with van der Waals surface area (Å²) in [5.41, 5.74) is 0. The number of rotatable bonds is 4. The van der Waals surface area contributed by atoms with Gasteiger partial charge in [0.2, 0.25) is 0 Å². The van der Waals surface area contributed by atoms with Crippen molar-refractivity contribution in [1.82, 2.24) is 0 Å². The van der Waals surface area contributed by atoms with Gasteiger partial charge in [-0.1, -0.05) is 6.58 Å². The summed E-state index contributed by atoms with van der Waals surface area (Å²) in [5.74, 6) is -0.582. The van der Waals surface area contributed by atoms with E-state index in [0.29, 0.717) is 0 Å². The van der Waals surface area contributed by atoms with Crippen LogP contribution in [-0.4, -0.2) is 31.0 Å².